The lowest BCUT2D eigenvalue weighted by atomic mass is 9.87. The first kappa shape index (κ1) is 14.4. The molecular weight excluding hydrogens is 248 g/mol. The van der Waals surface area contributed by atoms with Crippen molar-refractivity contribution in [2.75, 3.05) is 13.1 Å². The number of phenolic OH excluding ortho intramolecular Hbond substituents is 1. The molecule has 1 unspecified atom stereocenters. The van der Waals surface area contributed by atoms with E-state index in [4.69, 9.17) is 11.7 Å². The summed E-state index contributed by atoms with van der Waals surface area (Å²) in [6.07, 6.45) is 9.94. The smallest absolute Gasteiger partial charge is 0.115 e. The maximum atomic E-state index is 9.61. The summed E-state index contributed by atoms with van der Waals surface area (Å²) in [7, 11) is 0. The van der Waals surface area contributed by atoms with Crippen molar-refractivity contribution in [3.8, 4) is 24.2 Å². The summed E-state index contributed by atoms with van der Waals surface area (Å²) >= 11 is 0. The molecule has 0 radical (unpaired) electrons. The maximum absolute atomic E-state index is 9.61. The molecule has 0 aliphatic heterocycles. The summed E-state index contributed by atoms with van der Waals surface area (Å²) in [4.78, 5) is 2.30. The van der Waals surface area contributed by atoms with Gasteiger partial charge in [-0.1, -0.05) is 12.0 Å². The molecule has 0 bridgehead atoms. The van der Waals surface area contributed by atoms with Gasteiger partial charge in [-0.05, 0) is 48.9 Å². The highest BCUT2D eigenvalue weighted by Crippen LogP contribution is 2.27. The molecule has 0 saturated carbocycles. The van der Waals surface area contributed by atoms with Crippen LogP contribution in [0.5, 0.6) is 5.75 Å². The normalized spacial score (nSPS) is 17.2. The molecule has 0 fully saturated rings. The zero-order chi connectivity index (χ0) is 14.4. The minimum atomic E-state index is 0.331. The third kappa shape index (κ3) is 3.53. The number of hydrogen-bond acceptors (Lipinski definition) is 3. The lowest BCUT2D eigenvalue weighted by molar-refractivity contribution is 0.200. The number of terminal acetylenes is 1. The second-order valence-electron chi connectivity index (χ2n) is 5.29. The van der Waals surface area contributed by atoms with E-state index in [2.05, 4.69) is 16.9 Å². The SMILES string of the molecule is C#CCN(CCCC#N)C1CCc2ccc(O)cc2C1. The molecular formula is C17H20N2O. The largest absolute Gasteiger partial charge is 0.508 e. The van der Waals surface area contributed by atoms with E-state index in [0.29, 0.717) is 24.8 Å². The Balaban J connectivity index is 2.04. The van der Waals surface area contributed by atoms with E-state index in [1.807, 2.05) is 12.1 Å². The summed E-state index contributed by atoms with van der Waals surface area (Å²) in [5.41, 5.74) is 2.56. The van der Waals surface area contributed by atoms with Gasteiger partial charge in [-0.15, -0.1) is 6.42 Å². The zero-order valence-corrected chi connectivity index (χ0v) is 11.7. The molecule has 1 aromatic carbocycles. The van der Waals surface area contributed by atoms with Gasteiger partial charge in [0.25, 0.3) is 0 Å². The number of nitrogens with zero attached hydrogens (tertiary/aromatic N) is 2. The van der Waals surface area contributed by atoms with Crippen LogP contribution in [0.4, 0.5) is 0 Å². The fourth-order valence-electron chi connectivity index (χ4n) is 2.91. The van der Waals surface area contributed by atoms with Gasteiger partial charge in [-0.2, -0.15) is 5.26 Å². The Morgan fingerprint density at radius 1 is 1.40 bits per heavy atom. The average Bonchev–Trinajstić information content (AvgIpc) is 2.46. The Morgan fingerprint density at radius 2 is 2.25 bits per heavy atom. The monoisotopic (exact) mass is 268 g/mol. The van der Waals surface area contributed by atoms with Gasteiger partial charge in [0.05, 0.1) is 12.6 Å². The topological polar surface area (TPSA) is 47.3 Å². The van der Waals surface area contributed by atoms with Crippen LogP contribution in [-0.2, 0) is 12.8 Å². The van der Waals surface area contributed by atoms with Gasteiger partial charge in [0.15, 0.2) is 0 Å². The highest BCUT2D eigenvalue weighted by Gasteiger charge is 2.23. The Kier molecular flexibility index (Phi) is 5.04. The molecule has 104 valence electrons. The van der Waals surface area contributed by atoms with Crippen molar-refractivity contribution in [1.82, 2.24) is 4.90 Å². The second-order valence-corrected chi connectivity index (χ2v) is 5.29. The van der Waals surface area contributed by atoms with Crippen LogP contribution < -0.4 is 0 Å². The lowest BCUT2D eigenvalue weighted by Gasteiger charge is -2.34. The third-order valence-electron chi connectivity index (χ3n) is 3.94. The lowest BCUT2D eigenvalue weighted by Crippen LogP contribution is -2.40. The summed E-state index contributed by atoms with van der Waals surface area (Å²) in [5.74, 6) is 3.05. The zero-order valence-electron chi connectivity index (χ0n) is 11.7. The van der Waals surface area contributed by atoms with Crippen molar-refractivity contribution in [2.45, 2.75) is 38.1 Å². The van der Waals surface area contributed by atoms with E-state index in [0.717, 1.165) is 32.2 Å². The number of fused-ring (bicyclic) bond motifs is 1. The van der Waals surface area contributed by atoms with Crippen LogP contribution in [0.25, 0.3) is 0 Å². The predicted octanol–water partition coefficient (Wildman–Crippen LogP) is 2.49. The fourth-order valence-corrected chi connectivity index (χ4v) is 2.91. The predicted molar refractivity (Wildman–Crippen MR) is 79.2 cm³/mol. The van der Waals surface area contributed by atoms with E-state index in [9.17, 15) is 5.11 Å². The summed E-state index contributed by atoms with van der Waals surface area (Å²) in [5, 5.41) is 18.3. The number of aromatic hydroxyl groups is 1. The molecule has 0 heterocycles. The summed E-state index contributed by atoms with van der Waals surface area (Å²) in [6, 6.07) is 8.23. The van der Waals surface area contributed by atoms with Crippen molar-refractivity contribution in [3.63, 3.8) is 0 Å². The molecule has 1 aliphatic rings. The minimum absolute atomic E-state index is 0.331. The third-order valence-corrected chi connectivity index (χ3v) is 3.94. The Morgan fingerprint density at radius 3 is 3.00 bits per heavy atom. The molecule has 1 aromatic rings. The van der Waals surface area contributed by atoms with Gasteiger partial charge in [0.2, 0.25) is 0 Å². The first-order valence-corrected chi connectivity index (χ1v) is 7.10. The number of aryl methyl sites for hydroxylation is 1. The van der Waals surface area contributed by atoms with Gasteiger partial charge in [-0.25, -0.2) is 0 Å². The van der Waals surface area contributed by atoms with Crippen LogP contribution in [0.15, 0.2) is 18.2 Å². The minimum Gasteiger partial charge on any atom is -0.508 e. The molecule has 20 heavy (non-hydrogen) atoms. The van der Waals surface area contributed by atoms with Crippen molar-refractivity contribution < 1.29 is 5.11 Å². The second kappa shape index (κ2) is 6.98. The summed E-state index contributed by atoms with van der Waals surface area (Å²) in [6.45, 7) is 1.50. The number of unbranched alkanes of at least 4 members (excludes halogenated alkanes) is 1. The Bertz CT molecular complexity index is 539. The van der Waals surface area contributed by atoms with Crippen molar-refractivity contribution in [3.05, 3.63) is 29.3 Å². The number of hydrogen-bond donors (Lipinski definition) is 1. The van der Waals surface area contributed by atoms with Crippen LogP contribution in [0.2, 0.25) is 0 Å². The van der Waals surface area contributed by atoms with E-state index in [1.54, 1.807) is 6.07 Å². The molecule has 0 amide bonds. The van der Waals surface area contributed by atoms with Gasteiger partial charge < -0.3 is 5.11 Å². The molecule has 1 N–H and O–H groups in total. The summed E-state index contributed by atoms with van der Waals surface area (Å²) < 4.78 is 0. The molecule has 0 spiro atoms. The Hall–Kier alpha value is -1.97. The van der Waals surface area contributed by atoms with E-state index < -0.39 is 0 Å². The van der Waals surface area contributed by atoms with Gasteiger partial charge in [-0.3, -0.25) is 4.90 Å². The van der Waals surface area contributed by atoms with Crippen LogP contribution in [0, 0.1) is 23.7 Å². The molecule has 3 heteroatoms. The van der Waals surface area contributed by atoms with Crippen LogP contribution in [0.1, 0.15) is 30.4 Å². The number of rotatable bonds is 5. The van der Waals surface area contributed by atoms with Crippen LogP contribution >= 0.6 is 0 Å². The standard InChI is InChI=1S/C17H20N2O/c1-2-10-19(11-4-3-9-18)16-7-5-14-6-8-17(20)13-15(14)12-16/h1,6,8,13,16,20H,3-5,7,10-12H2. The highest BCUT2D eigenvalue weighted by molar-refractivity contribution is 5.37. The van der Waals surface area contributed by atoms with E-state index >= 15 is 0 Å². The first-order chi connectivity index (χ1) is 9.74. The number of benzene rings is 1. The Labute approximate surface area is 120 Å². The van der Waals surface area contributed by atoms with Gasteiger partial charge >= 0.3 is 0 Å². The van der Waals surface area contributed by atoms with E-state index in [1.165, 1.54) is 11.1 Å². The molecule has 1 atom stereocenters. The van der Waals surface area contributed by atoms with Gasteiger partial charge in [0, 0.05) is 19.0 Å². The highest BCUT2D eigenvalue weighted by atomic mass is 16.3. The number of phenols is 1. The average molecular weight is 268 g/mol. The number of nitriles is 1. The molecule has 0 saturated heterocycles. The van der Waals surface area contributed by atoms with Crippen LogP contribution in [0.3, 0.4) is 0 Å². The van der Waals surface area contributed by atoms with E-state index in [-0.39, 0.29) is 0 Å². The molecule has 3 nitrogen and oxygen atoms in total. The molecule has 0 aromatic heterocycles. The maximum Gasteiger partial charge on any atom is 0.115 e. The van der Waals surface area contributed by atoms with Crippen molar-refractivity contribution in [1.29, 1.82) is 5.26 Å². The van der Waals surface area contributed by atoms with Crippen LogP contribution in [-0.4, -0.2) is 29.1 Å². The fraction of sp³-hybridized carbons (Fsp3) is 0.471. The van der Waals surface area contributed by atoms with Crippen molar-refractivity contribution in [2.24, 2.45) is 0 Å². The quantitative estimate of drug-likeness (QED) is 0.659. The molecule has 2 rings (SSSR count). The van der Waals surface area contributed by atoms with Gasteiger partial charge in [0.1, 0.15) is 5.75 Å². The first-order valence-electron chi connectivity index (χ1n) is 7.10. The van der Waals surface area contributed by atoms with Crippen molar-refractivity contribution >= 4 is 0 Å². The molecule has 1 aliphatic carbocycles.